The van der Waals surface area contributed by atoms with Gasteiger partial charge in [-0.1, -0.05) is 5.16 Å². The molecule has 2 aromatic heterocycles. The molecule has 0 aliphatic carbocycles. The Morgan fingerprint density at radius 2 is 1.84 bits per heavy atom. The number of thiazole rings is 1. The summed E-state index contributed by atoms with van der Waals surface area (Å²) in [6.07, 6.45) is 4.08. The first-order valence-corrected chi connectivity index (χ1v) is 12.4. The van der Waals surface area contributed by atoms with Gasteiger partial charge in [0.25, 0.3) is 0 Å². The van der Waals surface area contributed by atoms with Crippen LogP contribution in [-0.2, 0) is 13.1 Å². The number of guanidine groups is 1. The molecule has 0 amide bonds. The molecule has 0 unspecified atom stereocenters. The van der Waals surface area contributed by atoms with Crippen LogP contribution in [0.5, 0.6) is 0 Å². The van der Waals surface area contributed by atoms with Gasteiger partial charge in [-0.05, 0) is 45.7 Å². The van der Waals surface area contributed by atoms with Crippen molar-refractivity contribution in [2.45, 2.75) is 39.8 Å². The fourth-order valence-corrected chi connectivity index (χ4v) is 4.95. The molecule has 4 heterocycles. The summed E-state index contributed by atoms with van der Waals surface area (Å²) >= 11 is 1.75. The molecular formula is C22H36IN7OS. The number of nitrogens with zero attached hydrogens (tertiary/aromatic N) is 6. The molecule has 0 aromatic carbocycles. The number of hydrogen-bond acceptors (Lipinski definition) is 7. The van der Waals surface area contributed by atoms with Crippen LogP contribution >= 0.6 is 35.3 Å². The largest absolute Gasteiger partial charge is 0.364 e. The molecule has 0 atom stereocenters. The topological polar surface area (TPSA) is 73.0 Å². The molecule has 2 fully saturated rings. The Hall–Kier alpha value is -1.24. The Morgan fingerprint density at radius 3 is 2.47 bits per heavy atom. The predicted molar refractivity (Wildman–Crippen MR) is 140 cm³/mol. The molecule has 0 radical (unpaired) electrons. The summed E-state index contributed by atoms with van der Waals surface area (Å²) in [7, 11) is 0. The van der Waals surface area contributed by atoms with Gasteiger partial charge >= 0.3 is 0 Å². The molecule has 2 aromatic rings. The molecule has 0 saturated carbocycles. The minimum absolute atomic E-state index is 0. The number of likely N-dealkylation sites (tertiary alicyclic amines) is 1. The number of aliphatic imine (C=N–C) groups is 1. The summed E-state index contributed by atoms with van der Waals surface area (Å²) < 4.78 is 4.95. The molecule has 4 rings (SSSR count). The number of rotatable bonds is 7. The van der Waals surface area contributed by atoms with Gasteiger partial charge in [-0.15, -0.1) is 35.3 Å². The highest BCUT2D eigenvalue weighted by molar-refractivity contribution is 14.0. The van der Waals surface area contributed by atoms with Crippen molar-refractivity contribution in [3.8, 4) is 0 Å². The number of piperazine rings is 1. The summed E-state index contributed by atoms with van der Waals surface area (Å²) in [5.41, 5.74) is 2.22. The molecule has 8 nitrogen and oxygen atoms in total. The first kappa shape index (κ1) is 25.4. The molecule has 32 heavy (non-hydrogen) atoms. The molecule has 2 aliphatic heterocycles. The number of nitrogens with one attached hydrogen (secondary N) is 1. The van der Waals surface area contributed by atoms with E-state index in [1.54, 1.807) is 17.6 Å². The van der Waals surface area contributed by atoms with Crippen molar-refractivity contribution in [2.24, 2.45) is 10.9 Å². The summed E-state index contributed by atoms with van der Waals surface area (Å²) in [4.78, 5) is 17.0. The van der Waals surface area contributed by atoms with Gasteiger partial charge in [-0.3, -0.25) is 14.8 Å². The van der Waals surface area contributed by atoms with Crippen molar-refractivity contribution in [1.29, 1.82) is 0 Å². The van der Waals surface area contributed by atoms with E-state index in [0.29, 0.717) is 5.92 Å². The van der Waals surface area contributed by atoms with Gasteiger partial charge in [0.1, 0.15) is 6.26 Å². The van der Waals surface area contributed by atoms with E-state index < -0.39 is 0 Å². The number of piperidine rings is 1. The Labute approximate surface area is 212 Å². The maximum Gasteiger partial charge on any atom is 0.194 e. The molecular weight excluding hydrogens is 537 g/mol. The van der Waals surface area contributed by atoms with E-state index >= 15 is 0 Å². The highest BCUT2D eigenvalue weighted by atomic mass is 127. The van der Waals surface area contributed by atoms with Crippen molar-refractivity contribution >= 4 is 41.3 Å². The second-order valence-corrected chi connectivity index (χ2v) is 9.59. The first-order valence-electron chi connectivity index (χ1n) is 11.5. The zero-order valence-corrected chi connectivity index (χ0v) is 22.3. The van der Waals surface area contributed by atoms with E-state index in [-0.39, 0.29) is 24.0 Å². The molecule has 1 N–H and O–H groups in total. The van der Waals surface area contributed by atoms with E-state index in [1.807, 2.05) is 6.07 Å². The monoisotopic (exact) mass is 573 g/mol. The van der Waals surface area contributed by atoms with Crippen LogP contribution in [0.25, 0.3) is 0 Å². The Bertz CT molecular complexity index is 812. The van der Waals surface area contributed by atoms with Crippen LogP contribution in [0.15, 0.2) is 27.2 Å². The van der Waals surface area contributed by atoms with Crippen LogP contribution in [0.2, 0.25) is 0 Å². The Kier molecular flexibility index (Phi) is 10.2. The normalized spacial score (nSPS) is 19.2. The average Bonchev–Trinajstić information content (AvgIpc) is 3.44. The maximum absolute atomic E-state index is 5.03. The SMILES string of the molecule is CCNC(=NCC1CCN(Cc2csc(C)n2)CC1)N1CCN(Cc2ccon2)CC1.I. The van der Waals surface area contributed by atoms with E-state index in [1.165, 1.54) is 18.5 Å². The second kappa shape index (κ2) is 12.9. The molecule has 10 heteroatoms. The third-order valence-electron chi connectivity index (χ3n) is 6.14. The van der Waals surface area contributed by atoms with Crippen molar-refractivity contribution in [2.75, 3.05) is 52.4 Å². The van der Waals surface area contributed by atoms with Crippen molar-refractivity contribution in [3.05, 3.63) is 34.1 Å². The molecule has 2 saturated heterocycles. The lowest BCUT2D eigenvalue weighted by Gasteiger charge is -2.36. The van der Waals surface area contributed by atoms with Crippen LogP contribution in [0.1, 0.15) is 36.2 Å². The van der Waals surface area contributed by atoms with Gasteiger partial charge in [0.2, 0.25) is 0 Å². The number of aryl methyl sites for hydroxylation is 1. The summed E-state index contributed by atoms with van der Waals surface area (Å²) in [6.45, 7) is 14.2. The molecule has 0 bridgehead atoms. The minimum Gasteiger partial charge on any atom is -0.364 e. The van der Waals surface area contributed by atoms with Crippen LogP contribution in [0.3, 0.4) is 0 Å². The zero-order valence-electron chi connectivity index (χ0n) is 19.2. The standard InChI is InChI=1S/C22H35N7OS.HI/c1-3-23-22(29-11-9-28(10-12-29)15-20-6-13-30-26-20)24-14-19-4-7-27(8-5-19)16-21-17-31-18(2)25-21;/h6,13,17,19H,3-5,7-12,14-16H2,1-2H3,(H,23,24);1H. The lowest BCUT2D eigenvalue weighted by atomic mass is 9.97. The van der Waals surface area contributed by atoms with Crippen LogP contribution in [0.4, 0.5) is 0 Å². The van der Waals surface area contributed by atoms with Crippen LogP contribution in [0, 0.1) is 12.8 Å². The van der Waals surface area contributed by atoms with E-state index in [9.17, 15) is 0 Å². The molecule has 2 aliphatic rings. The fourth-order valence-electron chi connectivity index (χ4n) is 4.34. The van der Waals surface area contributed by atoms with Crippen LogP contribution < -0.4 is 5.32 Å². The first-order chi connectivity index (χ1) is 15.2. The Balaban J connectivity index is 0.00000289. The maximum atomic E-state index is 5.03. The minimum atomic E-state index is 0. The van der Waals surface area contributed by atoms with Crippen molar-refractivity contribution in [3.63, 3.8) is 0 Å². The van der Waals surface area contributed by atoms with Gasteiger partial charge in [0.15, 0.2) is 5.96 Å². The molecule has 178 valence electrons. The second-order valence-electron chi connectivity index (χ2n) is 8.53. The van der Waals surface area contributed by atoms with Crippen molar-refractivity contribution < 1.29 is 4.52 Å². The van der Waals surface area contributed by atoms with E-state index in [2.05, 4.69) is 49.4 Å². The zero-order chi connectivity index (χ0) is 21.5. The van der Waals surface area contributed by atoms with Gasteiger partial charge in [0.05, 0.1) is 16.4 Å². The summed E-state index contributed by atoms with van der Waals surface area (Å²) in [6, 6.07) is 1.95. The van der Waals surface area contributed by atoms with Gasteiger partial charge in [0, 0.05) is 63.8 Å². The third kappa shape index (κ3) is 7.39. The lowest BCUT2D eigenvalue weighted by molar-refractivity contribution is 0.167. The fraction of sp³-hybridized carbons (Fsp3) is 0.682. The third-order valence-corrected chi connectivity index (χ3v) is 6.96. The quantitative estimate of drug-likeness (QED) is 0.310. The highest BCUT2D eigenvalue weighted by Gasteiger charge is 2.22. The lowest BCUT2D eigenvalue weighted by Crippen LogP contribution is -2.52. The summed E-state index contributed by atoms with van der Waals surface area (Å²) in [5, 5.41) is 10.9. The summed E-state index contributed by atoms with van der Waals surface area (Å²) in [5.74, 6) is 1.75. The van der Waals surface area contributed by atoms with Crippen molar-refractivity contribution in [1.82, 2.24) is 30.2 Å². The highest BCUT2D eigenvalue weighted by Crippen LogP contribution is 2.20. The van der Waals surface area contributed by atoms with Crippen LogP contribution in [-0.4, -0.2) is 83.2 Å². The number of hydrogen-bond donors (Lipinski definition) is 1. The van der Waals surface area contributed by atoms with Gasteiger partial charge in [-0.2, -0.15) is 0 Å². The number of aromatic nitrogens is 2. The van der Waals surface area contributed by atoms with E-state index in [0.717, 1.165) is 82.1 Å². The number of halogens is 1. The smallest absolute Gasteiger partial charge is 0.194 e. The molecule has 0 spiro atoms. The Morgan fingerprint density at radius 1 is 1.12 bits per heavy atom. The van der Waals surface area contributed by atoms with Gasteiger partial charge in [-0.25, -0.2) is 4.98 Å². The van der Waals surface area contributed by atoms with E-state index in [4.69, 9.17) is 9.52 Å². The van der Waals surface area contributed by atoms with Gasteiger partial charge < -0.3 is 14.7 Å². The predicted octanol–water partition coefficient (Wildman–Crippen LogP) is 3.05. The average molecular weight is 574 g/mol.